The SMILES string of the molecule is C[C@@H]1CN(c2cc(F)c(C3CCCCC3)cc2NC(=O)c2c[nH]c(=O)cc2C(F)(F)F)C[C@H](C)N1C. The number of pyridine rings is 1. The van der Waals surface area contributed by atoms with Crippen molar-refractivity contribution in [2.24, 2.45) is 0 Å². The molecule has 4 rings (SSSR count). The van der Waals surface area contributed by atoms with E-state index in [4.69, 9.17) is 0 Å². The first kappa shape index (κ1) is 26.2. The minimum atomic E-state index is -4.89. The van der Waals surface area contributed by atoms with Gasteiger partial charge in [-0.15, -0.1) is 0 Å². The van der Waals surface area contributed by atoms with E-state index >= 15 is 4.39 Å². The Morgan fingerprint density at radius 1 is 1.06 bits per heavy atom. The van der Waals surface area contributed by atoms with Gasteiger partial charge in [0.25, 0.3) is 5.91 Å². The molecule has 1 saturated carbocycles. The van der Waals surface area contributed by atoms with Crippen LogP contribution in [0, 0.1) is 5.82 Å². The van der Waals surface area contributed by atoms with E-state index in [-0.39, 0.29) is 29.5 Å². The molecule has 2 N–H and O–H groups in total. The fourth-order valence-electron chi connectivity index (χ4n) is 5.35. The number of hydrogen-bond acceptors (Lipinski definition) is 4. The molecule has 2 aromatic rings. The first-order valence-corrected chi connectivity index (χ1v) is 12.4. The van der Waals surface area contributed by atoms with Crippen molar-refractivity contribution in [2.75, 3.05) is 30.4 Å². The van der Waals surface area contributed by atoms with E-state index < -0.39 is 28.8 Å². The summed E-state index contributed by atoms with van der Waals surface area (Å²) in [5.74, 6) is -1.39. The Kier molecular flexibility index (Phi) is 7.45. The van der Waals surface area contributed by atoms with E-state index in [1.807, 2.05) is 25.8 Å². The number of alkyl halides is 3. The number of hydrogen-bond donors (Lipinski definition) is 2. The predicted molar refractivity (Wildman–Crippen MR) is 131 cm³/mol. The van der Waals surface area contributed by atoms with E-state index in [1.54, 1.807) is 6.07 Å². The maximum absolute atomic E-state index is 15.4. The quantitative estimate of drug-likeness (QED) is 0.546. The highest BCUT2D eigenvalue weighted by atomic mass is 19.4. The van der Waals surface area contributed by atoms with Crippen LogP contribution in [-0.4, -0.2) is 48.0 Å². The second-order valence-corrected chi connectivity index (χ2v) is 10.1. The molecule has 2 fully saturated rings. The highest BCUT2D eigenvalue weighted by Crippen LogP contribution is 2.40. The van der Waals surface area contributed by atoms with Crippen molar-refractivity contribution in [1.29, 1.82) is 0 Å². The monoisotopic (exact) mass is 508 g/mol. The number of aromatic nitrogens is 1. The van der Waals surface area contributed by atoms with Gasteiger partial charge in [0.1, 0.15) is 5.82 Å². The maximum Gasteiger partial charge on any atom is 0.417 e. The molecule has 0 unspecified atom stereocenters. The molecule has 0 radical (unpaired) electrons. The molecule has 0 bridgehead atoms. The molecular weight excluding hydrogens is 476 g/mol. The predicted octanol–water partition coefficient (Wildman–Crippen LogP) is 5.36. The van der Waals surface area contributed by atoms with Crippen molar-refractivity contribution in [2.45, 2.75) is 70.1 Å². The summed E-state index contributed by atoms with van der Waals surface area (Å²) in [4.78, 5) is 31.0. The van der Waals surface area contributed by atoms with Crippen LogP contribution in [-0.2, 0) is 6.18 Å². The number of likely N-dealkylation sites (N-methyl/N-ethyl adjacent to an activating group) is 1. The third kappa shape index (κ3) is 5.43. The molecule has 1 saturated heterocycles. The van der Waals surface area contributed by atoms with Crippen LogP contribution < -0.4 is 15.8 Å². The number of H-pyrrole nitrogens is 1. The van der Waals surface area contributed by atoms with Gasteiger partial charge in [-0.3, -0.25) is 14.5 Å². The first-order chi connectivity index (χ1) is 17.0. The number of amides is 1. The number of carbonyl (C=O) groups excluding carboxylic acids is 1. The summed E-state index contributed by atoms with van der Waals surface area (Å²) in [7, 11) is 2.01. The van der Waals surface area contributed by atoms with Gasteiger partial charge in [0.2, 0.25) is 5.56 Å². The molecule has 0 spiro atoms. The Balaban J connectivity index is 1.76. The van der Waals surface area contributed by atoms with Gasteiger partial charge in [-0.2, -0.15) is 13.2 Å². The first-order valence-electron chi connectivity index (χ1n) is 12.4. The lowest BCUT2D eigenvalue weighted by atomic mass is 9.83. The van der Waals surface area contributed by atoms with Gasteiger partial charge in [-0.05, 0) is 57.4 Å². The van der Waals surface area contributed by atoms with Crippen molar-refractivity contribution < 1.29 is 22.4 Å². The second-order valence-electron chi connectivity index (χ2n) is 10.1. The number of piperazine rings is 1. The highest BCUT2D eigenvalue weighted by molar-refractivity contribution is 6.07. The van der Waals surface area contributed by atoms with E-state index in [1.165, 1.54) is 6.07 Å². The van der Waals surface area contributed by atoms with Crippen LogP contribution in [0.25, 0.3) is 0 Å². The van der Waals surface area contributed by atoms with Crippen molar-refractivity contribution in [1.82, 2.24) is 9.88 Å². The van der Waals surface area contributed by atoms with Gasteiger partial charge < -0.3 is 15.2 Å². The Labute approximate surface area is 207 Å². The summed E-state index contributed by atoms with van der Waals surface area (Å²) in [6, 6.07) is 3.66. The molecule has 1 aliphatic carbocycles. The van der Waals surface area contributed by atoms with Crippen LogP contribution in [0.3, 0.4) is 0 Å². The molecule has 196 valence electrons. The fraction of sp³-hybridized carbons (Fsp3) is 0.538. The number of nitrogens with zero attached hydrogens (tertiary/aromatic N) is 2. The zero-order valence-electron chi connectivity index (χ0n) is 20.7. The third-order valence-electron chi connectivity index (χ3n) is 7.58. The second kappa shape index (κ2) is 10.2. The van der Waals surface area contributed by atoms with Gasteiger partial charge in [-0.1, -0.05) is 19.3 Å². The number of nitrogens with one attached hydrogen (secondary N) is 2. The zero-order chi connectivity index (χ0) is 26.2. The molecule has 2 heterocycles. The average molecular weight is 509 g/mol. The van der Waals surface area contributed by atoms with Crippen LogP contribution in [0.2, 0.25) is 0 Å². The lowest BCUT2D eigenvalue weighted by Crippen LogP contribution is -2.55. The van der Waals surface area contributed by atoms with Crippen molar-refractivity contribution in [3.8, 4) is 0 Å². The number of anilines is 2. The van der Waals surface area contributed by atoms with E-state index in [0.29, 0.717) is 30.4 Å². The minimum absolute atomic E-state index is 0.00685. The fourth-order valence-corrected chi connectivity index (χ4v) is 5.35. The number of aromatic amines is 1. The molecule has 10 heteroatoms. The zero-order valence-corrected chi connectivity index (χ0v) is 20.7. The van der Waals surface area contributed by atoms with Crippen molar-refractivity contribution >= 4 is 17.3 Å². The van der Waals surface area contributed by atoms with Crippen LogP contribution in [0.1, 0.15) is 73.4 Å². The average Bonchev–Trinajstić information content (AvgIpc) is 2.83. The Bertz CT molecular complexity index is 1160. The molecule has 6 nitrogen and oxygen atoms in total. The molecular formula is C26H32F4N4O2. The molecule has 1 aromatic carbocycles. The van der Waals surface area contributed by atoms with Gasteiger partial charge in [0, 0.05) is 37.4 Å². The normalized spacial score (nSPS) is 22.0. The Hall–Kier alpha value is -2.88. The molecule has 1 aromatic heterocycles. The topological polar surface area (TPSA) is 68.4 Å². The summed E-state index contributed by atoms with van der Waals surface area (Å²) in [6.45, 7) is 5.23. The maximum atomic E-state index is 15.4. The van der Waals surface area contributed by atoms with Crippen LogP contribution in [0.4, 0.5) is 28.9 Å². The lowest BCUT2D eigenvalue weighted by molar-refractivity contribution is -0.138. The third-order valence-corrected chi connectivity index (χ3v) is 7.58. The number of rotatable bonds is 4. The van der Waals surface area contributed by atoms with Gasteiger partial charge in [0.05, 0.1) is 22.5 Å². The summed E-state index contributed by atoms with van der Waals surface area (Å²) in [5, 5.41) is 2.62. The Morgan fingerprint density at radius 3 is 2.31 bits per heavy atom. The standard InChI is InChI=1S/C26H32F4N4O2/c1-15-13-34(14-16(2)33(15)3)23-11-21(27)18(17-7-5-4-6-8-17)9-22(23)32-25(36)19-12-31-24(35)10-20(19)26(28,29)30/h9-12,15-17H,4-8,13-14H2,1-3H3,(H,31,35)(H,32,36)/t15-,16+. The van der Waals surface area contributed by atoms with Gasteiger partial charge >= 0.3 is 6.18 Å². The summed E-state index contributed by atoms with van der Waals surface area (Å²) in [5.41, 5.74) is -1.79. The van der Waals surface area contributed by atoms with Crippen molar-refractivity contribution in [3.63, 3.8) is 0 Å². The minimum Gasteiger partial charge on any atom is -0.367 e. The van der Waals surface area contributed by atoms with Crippen LogP contribution in [0.5, 0.6) is 0 Å². The van der Waals surface area contributed by atoms with Crippen LogP contribution in [0.15, 0.2) is 29.2 Å². The summed E-state index contributed by atoms with van der Waals surface area (Å²) < 4.78 is 56.2. The summed E-state index contributed by atoms with van der Waals surface area (Å²) >= 11 is 0. The van der Waals surface area contributed by atoms with E-state index in [2.05, 4.69) is 15.2 Å². The number of halogens is 4. The van der Waals surface area contributed by atoms with Crippen molar-refractivity contribution in [3.05, 3.63) is 57.3 Å². The highest BCUT2D eigenvalue weighted by Gasteiger charge is 2.36. The number of carbonyl (C=O) groups is 1. The molecule has 1 amide bonds. The molecule has 1 aliphatic heterocycles. The van der Waals surface area contributed by atoms with Crippen LogP contribution >= 0.6 is 0 Å². The number of benzene rings is 1. The van der Waals surface area contributed by atoms with Gasteiger partial charge in [-0.25, -0.2) is 4.39 Å². The lowest BCUT2D eigenvalue weighted by Gasteiger charge is -2.44. The van der Waals surface area contributed by atoms with Gasteiger partial charge in [0.15, 0.2) is 0 Å². The Morgan fingerprint density at radius 2 is 1.69 bits per heavy atom. The van der Waals surface area contributed by atoms with E-state index in [0.717, 1.165) is 38.3 Å². The molecule has 2 aliphatic rings. The molecule has 2 atom stereocenters. The summed E-state index contributed by atoms with van der Waals surface area (Å²) in [6.07, 6.45) is 0.576. The largest absolute Gasteiger partial charge is 0.417 e. The smallest absolute Gasteiger partial charge is 0.367 e. The van der Waals surface area contributed by atoms with E-state index in [9.17, 15) is 22.8 Å². The molecule has 36 heavy (non-hydrogen) atoms.